The average Bonchev–Trinajstić information content (AvgIpc) is 2.91. The Hall–Kier alpha value is -4.43. The molecule has 37 heavy (non-hydrogen) atoms. The lowest BCUT2D eigenvalue weighted by molar-refractivity contribution is 0.0940. The lowest BCUT2D eigenvalue weighted by Crippen LogP contribution is -2.28. The molecule has 0 spiro atoms. The van der Waals surface area contributed by atoms with Crippen molar-refractivity contribution in [1.82, 2.24) is 5.32 Å². The molecule has 1 unspecified atom stereocenters. The first-order valence-corrected chi connectivity index (χ1v) is 13.2. The van der Waals surface area contributed by atoms with Crippen LogP contribution in [0.15, 0.2) is 108 Å². The van der Waals surface area contributed by atoms with Gasteiger partial charge in [0.2, 0.25) is 0 Å². The van der Waals surface area contributed by atoms with Crippen molar-refractivity contribution in [2.24, 2.45) is 0 Å². The highest BCUT2D eigenvalue weighted by Gasteiger charge is 2.18. The van der Waals surface area contributed by atoms with Gasteiger partial charge in [0.15, 0.2) is 0 Å². The number of rotatable bonds is 8. The molecular weight excluding hydrogens is 486 g/mol. The summed E-state index contributed by atoms with van der Waals surface area (Å²) in [6, 6.07) is 28.9. The molecule has 0 aliphatic rings. The van der Waals surface area contributed by atoms with Crippen LogP contribution in [0.1, 0.15) is 44.8 Å². The number of para-hydroxylation sites is 1. The molecule has 4 rings (SSSR count). The number of hydrogen-bond donors (Lipinski definition) is 3. The van der Waals surface area contributed by atoms with Crippen LogP contribution in [0.5, 0.6) is 0 Å². The van der Waals surface area contributed by atoms with Crippen LogP contribution in [0.25, 0.3) is 0 Å². The number of benzene rings is 4. The minimum absolute atomic E-state index is 0.146. The highest BCUT2D eigenvalue weighted by molar-refractivity contribution is 7.92. The van der Waals surface area contributed by atoms with Crippen molar-refractivity contribution in [2.75, 3.05) is 10.0 Å². The highest BCUT2D eigenvalue weighted by Crippen LogP contribution is 2.23. The van der Waals surface area contributed by atoms with E-state index in [0.717, 1.165) is 5.56 Å². The van der Waals surface area contributed by atoms with E-state index in [1.807, 2.05) is 37.3 Å². The van der Waals surface area contributed by atoms with Gasteiger partial charge in [-0.25, -0.2) is 8.42 Å². The summed E-state index contributed by atoms with van der Waals surface area (Å²) in [7, 11) is -3.76. The van der Waals surface area contributed by atoms with Crippen LogP contribution in [0, 0.1) is 6.92 Å². The van der Waals surface area contributed by atoms with Crippen LogP contribution in [-0.2, 0) is 10.0 Å². The second kappa shape index (κ2) is 11.1. The van der Waals surface area contributed by atoms with E-state index in [1.54, 1.807) is 61.5 Å². The second-order valence-electron chi connectivity index (χ2n) is 8.55. The van der Waals surface area contributed by atoms with E-state index in [2.05, 4.69) is 15.4 Å². The molecule has 0 heterocycles. The number of carbonyl (C=O) groups is 2. The van der Waals surface area contributed by atoms with Gasteiger partial charge in [-0.3, -0.25) is 14.3 Å². The van der Waals surface area contributed by atoms with E-state index < -0.39 is 15.9 Å². The summed E-state index contributed by atoms with van der Waals surface area (Å²) in [4.78, 5) is 26.2. The maximum absolute atomic E-state index is 13.0. The van der Waals surface area contributed by atoms with Crippen LogP contribution in [0.3, 0.4) is 0 Å². The summed E-state index contributed by atoms with van der Waals surface area (Å²) < 4.78 is 27.9. The number of nitrogens with one attached hydrogen (secondary N) is 3. The molecule has 0 radical (unpaired) electrons. The molecule has 1 atom stereocenters. The van der Waals surface area contributed by atoms with Crippen molar-refractivity contribution < 1.29 is 18.0 Å². The van der Waals surface area contributed by atoms with Crippen molar-refractivity contribution in [3.05, 3.63) is 125 Å². The third-order valence-corrected chi connectivity index (χ3v) is 7.23. The molecule has 7 nitrogen and oxygen atoms in total. The van der Waals surface area contributed by atoms with Crippen LogP contribution >= 0.6 is 0 Å². The average molecular weight is 514 g/mol. The van der Waals surface area contributed by atoms with E-state index in [1.165, 1.54) is 18.2 Å². The van der Waals surface area contributed by atoms with E-state index in [0.29, 0.717) is 28.1 Å². The second-order valence-corrected chi connectivity index (χ2v) is 10.2. The molecule has 0 saturated heterocycles. The molecule has 0 saturated carbocycles. The first kappa shape index (κ1) is 25.7. The van der Waals surface area contributed by atoms with Crippen molar-refractivity contribution in [3.63, 3.8) is 0 Å². The minimum Gasteiger partial charge on any atom is -0.345 e. The summed E-state index contributed by atoms with van der Waals surface area (Å²) >= 11 is 0. The van der Waals surface area contributed by atoms with E-state index in [4.69, 9.17) is 0 Å². The van der Waals surface area contributed by atoms with Crippen LogP contribution in [0.2, 0.25) is 0 Å². The number of hydrogen-bond acceptors (Lipinski definition) is 4. The molecule has 0 aliphatic carbocycles. The lowest BCUT2D eigenvalue weighted by Gasteiger charge is -2.17. The van der Waals surface area contributed by atoms with Gasteiger partial charge in [-0.15, -0.1) is 0 Å². The Labute approximate surface area is 216 Å². The zero-order valence-corrected chi connectivity index (χ0v) is 21.3. The molecule has 8 heteroatoms. The Balaban J connectivity index is 1.48. The summed E-state index contributed by atoms with van der Waals surface area (Å²) in [6.45, 7) is 3.61. The van der Waals surface area contributed by atoms with Gasteiger partial charge < -0.3 is 10.6 Å². The Kier molecular flexibility index (Phi) is 7.69. The Morgan fingerprint density at radius 1 is 0.730 bits per heavy atom. The zero-order chi connectivity index (χ0) is 26.4. The van der Waals surface area contributed by atoms with Gasteiger partial charge in [0.1, 0.15) is 0 Å². The summed E-state index contributed by atoms with van der Waals surface area (Å²) in [6.07, 6.45) is 0. The Morgan fingerprint density at radius 2 is 1.35 bits per heavy atom. The van der Waals surface area contributed by atoms with Crippen LogP contribution in [-0.4, -0.2) is 20.2 Å². The van der Waals surface area contributed by atoms with Gasteiger partial charge in [-0.1, -0.05) is 60.7 Å². The summed E-state index contributed by atoms with van der Waals surface area (Å²) in [5.74, 6) is -0.731. The molecule has 188 valence electrons. The molecule has 0 aromatic heterocycles. The smallest absolute Gasteiger partial charge is 0.261 e. The molecular formula is C29H27N3O4S. The SMILES string of the molecule is Cc1cc(C(=O)Nc2ccccc2C(=O)NC(C)c2ccccc2)ccc1NS(=O)(=O)c1ccccc1. The first-order chi connectivity index (χ1) is 17.7. The van der Waals surface area contributed by atoms with Crippen molar-refractivity contribution in [2.45, 2.75) is 24.8 Å². The largest absolute Gasteiger partial charge is 0.345 e. The zero-order valence-electron chi connectivity index (χ0n) is 20.4. The first-order valence-electron chi connectivity index (χ1n) is 11.7. The van der Waals surface area contributed by atoms with Gasteiger partial charge in [0, 0.05) is 5.56 Å². The molecule has 0 fully saturated rings. The number of amides is 2. The van der Waals surface area contributed by atoms with Crippen molar-refractivity contribution >= 4 is 33.2 Å². The van der Waals surface area contributed by atoms with Crippen molar-refractivity contribution in [3.8, 4) is 0 Å². The quantitative estimate of drug-likeness (QED) is 0.288. The number of sulfonamides is 1. The van der Waals surface area contributed by atoms with Gasteiger partial charge in [-0.05, 0) is 67.4 Å². The minimum atomic E-state index is -3.76. The normalized spacial score (nSPS) is 11.8. The fourth-order valence-electron chi connectivity index (χ4n) is 3.81. The third-order valence-electron chi connectivity index (χ3n) is 5.85. The number of carbonyl (C=O) groups excluding carboxylic acids is 2. The number of aryl methyl sites for hydroxylation is 1. The predicted octanol–water partition coefficient (Wildman–Crippen LogP) is 5.54. The van der Waals surface area contributed by atoms with E-state index in [9.17, 15) is 18.0 Å². The Bertz CT molecular complexity index is 1520. The predicted molar refractivity (Wildman–Crippen MR) is 145 cm³/mol. The topological polar surface area (TPSA) is 104 Å². The summed E-state index contributed by atoms with van der Waals surface area (Å²) in [5.41, 5.74) is 2.95. The number of anilines is 2. The third kappa shape index (κ3) is 6.23. The van der Waals surface area contributed by atoms with Crippen LogP contribution < -0.4 is 15.4 Å². The molecule has 0 aliphatic heterocycles. The standard InChI is InChI=1S/C29H27N3O4S/c1-20-19-23(17-18-26(20)32-37(35,36)24-13-7-4-8-14-24)28(33)31-27-16-10-9-15-25(27)29(34)30-21(2)22-11-5-3-6-12-22/h3-19,21,32H,1-2H3,(H,30,34)(H,31,33). The highest BCUT2D eigenvalue weighted by atomic mass is 32.2. The maximum atomic E-state index is 13.0. The Morgan fingerprint density at radius 3 is 2.03 bits per heavy atom. The van der Waals surface area contributed by atoms with Crippen molar-refractivity contribution in [1.29, 1.82) is 0 Å². The molecule has 2 amide bonds. The van der Waals surface area contributed by atoms with Gasteiger partial charge in [0.05, 0.1) is 27.9 Å². The van der Waals surface area contributed by atoms with Gasteiger partial charge in [0.25, 0.3) is 21.8 Å². The molecule has 4 aromatic carbocycles. The van der Waals surface area contributed by atoms with E-state index in [-0.39, 0.29) is 16.8 Å². The fourth-order valence-corrected chi connectivity index (χ4v) is 4.96. The lowest BCUT2D eigenvalue weighted by atomic mass is 10.1. The molecule has 4 aromatic rings. The maximum Gasteiger partial charge on any atom is 0.261 e. The fraction of sp³-hybridized carbons (Fsp3) is 0.103. The van der Waals surface area contributed by atoms with Crippen LogP contribution in [0.4, 0.5) is 11.4 Å². The molecule has 0 bridgehead atoms. The molecule has 3 N–H and O–H groups in total. The monoisotopic (exact) mass is 513 g/mol. The van der Waals surface area contributed by atoms with Gasteiger partial charge in [-0.2, -0.15) is 0 Å². The van der Waals surface area contributed by atoms with E-state index >= 15 is 0 Å². The van der Waals surface area contributed by atoms with Gasteiger partial charge >= 0.3 is 0 Å². The summed E-state index contributed by atoms with van der Waals surface area (Å²) in [5, 5.41) is 5.77.